The van der Waals surface area contributed by atoms with Gasteiger partial charge >= 0.3 is 5.97 Å². The number of nitro groups is 1. The van der Waals surface area contributed by atoms with E-state index in [0.717, 1.165) is 6.07 Å². The largest absolute Gasteiger partial charge is 0.481 e. The number of benzene rings is 1. The summed E-state index contributed by atoms with van der Waals surface area (Å²) in [6.07, 6.45) is 0.329. The number of aliphatic carboxylic acids is 1. The Morgan fingerprint density at radius 1 is 1.41 bits per heavy atom. The summed E-state index contributed by atoms with van der Waals surface area (Å²) in [5, 5.41) is 22.8. The number of hydrogen-bond donors (Lipinski definition) is 2. The van der Waals surface area contributed by atoms with E-state index in [1.807, 2.05) is 0 Å². The Morgan fingerprint density at radius 3 is 2.59 bits per heavy atom. The van der Waals surface area contributed by atoms with Crippen LogP contribution in [0.2, 0.25) is 5.02 Å². The van der Waals surface area contributed by atoms with Gasteiger partial charge in [0.05, 0.1) is 21.9 Å². The van der Waals surface area contributed by atoms with Gasteiger partial charge in [-0.05, 0) is 18.4 Å². The van der Waals surface area contributed by atoms with E-state index in [4.69, 9.17) is 11.6 Å². The second-order valence-electron chi connectivity index (χ2n) is 6.76. The summed E-state index contributed by atoms with van der Waals surface area (Å²) in [7, 11) is 0. The third-order valence-electron chi connectivity index (χ3n) is 5.00. The van der Waals surface area contributed by atoms with Gasteiger partial charge in [0.15, 0.2) is 0 Å². The molecule has 10 heteroatoms. The number of carbonyl (C=O) groups is 3. The summed E-state index contributed by atoms with van der Waals surface area (Å²) in [5.41, 5.74) is -1.79. The van der Waals surface area contributed by atoms with Crippen LogP contribution in [0.3, 0.4) is 0 Å². The van der Waals surface area contributed by atoms with E-state index in [-0.39, 0.29) is 29.6 Å². The molecule has 1 aliphatic rings. The molecule has 9 nitrogen and oxygen atoms in total. The molecule has 2 N–H and O–H groups in total. The molecule has 1 saturated heterocycles. The van der Waals surface area contributed by atoms with Gasteiger partial charge in [0.2, 0.25) is 5.91 Å². The first-order valence-electron chi connectivity index (χ1n) is 8.32. The van der Waals surface area contributed by atoms with Crippen LogP contribution in [0.25, 0.3) is 0 Å². The summed E-state index contributed by atoms with van der Waals surface area (Å²) in [4.78, 5) is 48.0. The van der Waals surface area contributed by atoms with Crippen LogP contribution in [0.1, 0.15) is 30.6 Å². The van der Waals surface area contributed by atoms with E-state index in [1.54, 1.807) is 13.8 Å². The number of hydrogen-bond acceptors (Lipinski definition) is 5. The van der Waals surface area contributed by atoms with Gasteiger partial charge in [0, 0.05) is 19.2 Å². The number of carboxylic acids is 1. The maximum atomic E-state index is 12.4. The Labute approximate surface area is 160 Å². The van der Waals surface area contributed by atoms with E-state index >= 15 is 0 Å². The number of carbonyl (C=O) groups excluding carboxylic acids is 2. The van der Waals surface area contributed by atoms with Crippen molar-refractivity contribution in [3.05, 3.63) is 38.9 Å². The third kappa shape index (κ3) is 4.02. The van der Waals surface area contributed by atoms with Crippen LogP contribution in [-0.4, -0.2) is 52.3 Å². The molecule has 1 heterocycles. The van der Waals surface area contributed by atoms with E-state index in [0.29, 0.717) is 6.42 Å². The summed E-state index contributed by atoms with van der Waals surface area (Å²) in [6, 6.07) is 3.84. The molecule has 1 fully saturated rings. The molecule has 1 aromatic carbocycles. The Hall–Kier alpha value is -2.68. The number of carboxylic acid groups (broad SMARTS) is 1. The lowest BCUT2D eigenvalue weighted by Crippen LogP contribution is -2.43. The molecular formula is C17H20ClN3O6. The van der Waals surface area contributed by atoms with Crippen molar-refractivity contribution in [1.29, 1.82) is 0 Å². The van der Waals surface area contributed by atoms with E-state index < -0.39 is 40.4 Å². The fourth-order valence-corrected chi connectivity index (χ4v) is 3.44. The molecule has 0 spiro atoms. The van der Waals surface area contributed by atoms with Crippen LogP contribution in [0.15, 0.2) is 18.2 Å². The van der Waals surface area contributed by atoms with Crippen molar-refractivity contribution in [1.82, 2.24) is 10.2 Å². The molecule has 1 aromatic rings. The Bertz CT molecular complexity index is 797. The highest BCUT2D eigenvalue weighted by Gasteiger charge is 2.48. The summed E-state index contributed by atoms with van der Waals surface area (Å²) in [5.74, 6) is -2.41. The molecule has 1 aliphatic heterocycles. The fraction of sp³-hybridized carbons (Fsp3) is 0.471. The quantitative estimate of drug-likeness (QED) is 0.557. The highest BCUT2D eigenvalue weighted by molar-refractivity contribution is 6.34. The third-order valence-corrected chi connectivity index (χ3v) is 5.32. The van der Waals surface area contributed by atoms with Crippen LogP contribution in [0, 0.1) is 21.4 Å². The molecule has 1 unspecified atom stereocenters. The van der Waals surface area contributed by atoms with Gasteiger partial charge in [0.25, 0.3) is 11.6 Å². The normalized spacial score (nSPS) is 19.2. The number of nitrogens with zero attached hydrogens (tertiary/aromatic N) is 2. The molecule has 0 saturated carbocycles. The molecule has 2 amide bonds. The minimum absolute atomic E-state index is 0.0565. The number of nitrogens with one attached hydrogen (secondary N) is 1. The number of halogens is 1. The van der Waals surface area contributed by atoms with Crippen molar-refractivity contribution in [3.63, 3.8) is 0 Å². The highest BCUT2D eigenvalue weighted by Crippen LogP contribution is 2.38. The molecular weight excluding hydrogens is 378 g/mol. The highest BCUT2D eigenvalue weighted by atomic mass is 35.5. The monoisotopic (exact) mass is 397 g/mol. The predicted molar refractivity (Wildman–Crippen MR) is 96.5 cm³/mol. The van der Waals surface area contributed by atoms with Gasteiger partial charge < -0.3 is 15.3 Å². The van der Waals surface area contributed by atoms with Crippen molar-refractivity contribution < 1.29 is 24.4 Å². The number of nitro benzene ring substituents is 1. The molecule has 0 aromatic heterocycles. The smallest absolute Gasteiger partial charge is 0.311 e. The average molecular weight is 398 g/mol. The molecule has 0 aliphatic carbocycles. The van der Waals surface area contributed by atoms with Gasteiger partial charge in [-0.25, -0.2) is 0 Å². The fourth-order valence-electron chi connectivity index (χ4n) is 3.18. The van der Waals surface area contributed by atoms with Crippen molar-refractivity contribution in [3.8, 4) is 0 Å². The zero-order valence-electron chi connectivity index (χ0n) is 14.9. The van der Waals surface area contributed by atoms with Crippen molar-refractivity contribution in [2.45, 2.75) is 20.3 Å². The van der Waals surface area contributed by atoms with Crippen molar-refractivity contribution in [2.24, 2.45) is 11.3 Å². The molecule has 0 bridgehead atoms. The van der Waals surface area contributed by atoms with Crippen LogP contribution in [0.4, 0.5) is 5.69 Å². The van der Waals surface area contributed by atoms with Crippen molar-refractivity contribution in [2.75, 3.05) is 19.6 Å². The van der Waals surface area contributed by atoms with Gasteiger partial charge in [-0.3, -0.25) is 24.5 Å². The molecule has 146 valence electrons. The van der Waals surface area contributed by atoms with Crippen LogP contribution in [-0.2, 0) is 9.59 Å². The first-order valence-corrected chi connectivity index (χ1v) is 8.70. The number of likely N-dealkylation sites (tertiary alicyclic amines) is 1. The SMILES string of the molecule is CC(C)C1(C(=O)O)CCN(C(=O)CNC(=O)c2c(Cl)cccc2[N+](=O)[O-])C1. The maximum absolute atomic E-state index is 12.4. The minimum atomic E-state index is -1.01. The first kappa shape index (κ1) is 20.6. The van der Waals surface area contributed by atoms with Crippen LogP contribution < -0.4 is 5.32 Å². The molecule has 1 atom stereocenters. The second-order valence-corrected chi connectivity index (χ2v) is 7.16. The number of amides is 2. The lowest BCUT2D eigenvalue weighted by atomic mass is 9.76. The van der Waals surface area contributed by atoms with Crippen LogP contribution in [0.5, 0.6) is 0 Å². The lowest BCUT2D eigenvalue weighted by Gasteiger charge is -2.28. The zero-order chi connectivity index (χ0) is 20.4. The summed E-state index contributed by atoms with van der Waals surface area (Å²) in [6.45, 7) is 3.50. The van der Waals surface area contributed by atoms with Gasteiger partial charge in [-0.2, -0.15) is 0 Å². The Kier molecular flexibility index (Phi) is 6.04. The average Bonchev–Trinajstić information content (AvgIpc) is 3.06. The topological polar surface area (TPSA) is 130 Å². The summed E-state index contributed by atoms with van der Waals surface area (Å²) >= 11 is 5.89. The second kappa shape index (κ2) is 7.91. The Balaban J connectivity index is 2.06. The minimum Gasteiger partial charge on any atom is -0.481 e. The first-order chi connectivity index (χ1) is 12.6. The van der Waals surface area contributed by atoms with E-state index in [1.165, 1.54) is 17.0 Å². The van der Waals surface area contributed by atoms with Crippen LogP contribution >= 0.6 is 11.6 Å². The summed E-state index contributed by atoms with van der Waals surface area (Å²) < 4.78 is 0. The van der Waals surface area contributed by atoms with Gasteiger partial charge in [-0.15, -0.1) is 0 Å². The standard InChI is InChI=1S/C17H20ClN3O6/c1-10(2)17(16(24)25)6-7-20(9-17)13(22)8-19-15(23)14-11(18)4-3-5-12(14)21(26)27/h3-5,10H,6-9H2,1-2H3,(H,19,23)(H,24,25). The van der Waals surface area contributed by atoms with Gasteiger partial charge in [-0.1, -0.05) is 31.5 Å². The molecule has 2 rings (SSSR count). The lowest BCUT2D eigenvalue weighted by molar-refractivity contribution is -0.385. The number of rotatable bonds is 6. The Morgan fingerprint density at radius 2 is 2.07 bits per heavy atom. The maximum Gasteiger partial charge on any atom is 0.311 e. The van der Waals surface area contributed by atoms with Gasteiger partial charge in [0.1, 0.15) is 5.56 Å². The zero-order valence-corrected chi connectivity index (χ0v) is 15.7. The van der Waals surface area contributed by atoms with E-state index in [9.17, 15) is 29.6 Å². The van der Waals surface area contributed by atoms with Crippen molar-refractivity contribution >= 4 is 35.1 Å². The van der Waals surface area contributed by atoms with E-state index in [2.05, 4.69) is 5.32 Å². The molecule has 27 heavy (non-hydrogen) atoms. The predicted octanol–water partition coefficient (Wildman–Crippen LogP) is 1.94. The molecule has 0 radical (unpaired) electrons.